The van der Waals surface area contributed by atoms with Crippen LogP contribution in [0.3, 0.4) is 0 Å². The highest BCUT2D eigenvalue weighted by molar-refractivity contribution is 6.04. The number of anilines is 1. The van der Waals surface area contributed by atoms with Gasteiger partial charge in [0, 0.05) is 5.56 Å². The van der Waals surface area contributed by atoms with Gasteiger partial charge in [0.05, 0.1) is 30.5 Å². The second-order valence-corrected chi connectivity index (χ2v) is 5.74. The lowest BCUT2D eigenvalue weighted by Gasteiger charge is -2.12. The number of esters is 1. The minimum Gasteiger partial charge on any atom is -0.467 e. The third-order valence-corrected chi connectivity index (χ3v) is 3.89. The second kappa shape index (κ2) is 6.74. The summed E-state index contributed by atoms with van der Waals surface area (Å²) in [6, 6.07) is 7.91. The van der Waals surface area contributed by atoms with Crippen LogP contribution < -0.4 is 10.3 Å². The number of carbonyl (C=O) groups is 1. The zero-order valence-electron chi connectivity index (χ0n) is 14.1. The van der Waals surface area contributed by atoms with E-state index in [1.807, 2.05) is 26.0 Å². The Balaban J connectivity index is 2.11. The van der Waals surface area contributed by atoms with Crippen LogP contribution >= 0.6 is 0 Å². The van der Waals surface area contributed by atoms with Crippen LogP contribution in [0.4, 0.5) is 5.69 Å². The Hall–Kier alpha value is -2.82. The molecule has 0 fully saturated rings. The standard InChI is InChI=1S/C19H20N2O3/c1-4-23-19(22)16-11-21-17-13(3)8-12(2)9-15(17)18(16)20-10-14-6-5-7-24-14/h5-9,11H,4,10H2,1-3H3,(H,20,21)/p+1. The van der Waals surface area contributed by atoms with E-state index in [-0.39, 0.29) is 5.97 Å². The molecule has 5 nitrogen and oxygen atoms in total. The summed E-state index contributed by atoms with van der Waals surface area (Å²) < 4.78 is 10.6. The fraction of sp³-hybridized carbons (Fsp3) is 0.263. The van der Waals surface area contributed by atoms with Gasteiger partial charge in [-0.15, -0.1) is 0 Å². The maximum absolute atomic E-state index is 12.3. The Kier molecular flexibility index (Phi) is 4.51. The largest absolute Gasteiger partial charge is 0.467 e. The minimum absolute atomic E-state index is 0.335. The Bertz CT molecular complexity index is 870. The molecular formula is C19H21N2O3+. The number of furan rings is 1. The molecule has 0 aliphatic rings. The van der Waals surface area contributed by atoms with Crippen molar-refractivity contribution in [2.75, 3.05) is 11.9 Å². The molecule has 2 N–H and O–H groups in total. The fourth-order valence-corrected chi connectivity index (χ4v) is 2.87. The second-order valence-electron chi connectivity index (χ2n) is 5.74. The first-order valence-electron chi connectivity index (χ1n) is 7.99. The lowest BCUT2D eigenvalue weighted by atomic mass is 10.0. The van der Waals surface area contributed by atoms with Crippen LogP contribution in [-0.4, -0.2) is 12.6 Å². The summed E-state index contributed by atoms with van der Waals surface area (Å²) >= 11 is 0. The molecule has 3 rings (SSSR count). The average molecular weight is 325 g/mol. The van der Waals surface area contributed by atoms with Crippen molar-refractivity contribution < 1.29 is 18.9 Å². The Labute approximate surface area is 140 Å². The molecule has 0 saturated carbocycles. The quantitative estimate of drug-likeness (QED) is 0.727. The molecule has 124 valence electrons. The molecule has 0 aliphatic carbocycles. The topological polar surface area (TPSA) is 65.6 Å². The molecule has 0 saturated heterocycles. The van der Waals surface area contributed by atoms with Crippen molar-refractivity contribution in [3.05, 3.63) is 59.2 Å². The van der Waals surface area contributed by atoms with E-state index in [0.29, 0.717) is 18.7 Å². The van der Waals surface area contributed by atoms with Gasteiger partial charge in [-0.2, -0.15) is 0 Å². The third-order valence-electron chi connectivity index (χ3n) is 3.89. The van der Waals surface area contributed by atoms with Crippen molar-refractivity contribution >= 4 is 22.6 Å². The number of aryl methyl sites for hydroxylation is 2. The molecule has 0 spiro atoms. The number of benzene rings is 1. The van der Waals surface area contributed by atoms with Crippen LogP contribution in [0.25, 0.3) is 10.9 Å². The SMILES string of the molecule is CCOC(=O)c1c[nH+]c2c(C)cc(C)cc2c1NCc1ccco1. The molecule has 0 aliphatic heterocycles. The number of nitrogens with one attached hydrogen (secondary N) is 2. The molecule has 3 aromatic rings. The van der Waals surface area contributed by atoms with Gasteiger partial charge >= 0.3 is 5.97 Å². The summed E-state index contributed by atoms with van der Waals surface area (Å²) in [5.41, 5.74) is 4.50. The summed E-state index contributed by atoms with van der Waals surface area (Å²) in [5.74, 6) is 0.451. The van der Waals surface area contributed by atoms with Crippen molar-refractivity contribution in [3.8, 4) is 0 Å². The highest BCUT2D eigenvalue weighted by atomic mass is 16.5. The van der Waals surface area contributed by atoms with Crippen molar-refractivity contribution in [1.82, 2.24) is 0 Å². The predicted molar refractivity (Wildman–Crippen MR) is 92.0 cm³/mol. The number of aromatic nitrogens is 1. The van der Waals surface area contributed by atoms with Gasteiger partial charge in [-0.3, -0.25) is 0 Å². The molecule has 0 atom stereocenters. The first kappa shape index (κ1) is 16.1. The molecule has 0 amide bonds. The van der Waals surface area contributed by atoms with Crippen LogP contribution in [0.1, 0.15) is 34.2 Å². The number of hydrogen-bond acceptors (Lipinski definition) is 4. The molecule has 1 aromatic carbocycles. The minimum atomic E-state index is -0.350. The number of carbonyl (C=O) groups excluding carboxylic acids is 1. The van der Waals surface area contributed by atoms with Gasteiger partial charge in [0.2, 0.25) is 5.52 Å². The fourth-order valence-electron chi connectivity index (χ4n) is 2.87. The average Bonchev–Trinajstić information content (AvgIpc) is 3.06. The number of H-pyrrole nitrogens is 1. The van der Waals surface area contributed by atoms with Gasteiger partial charge in [0.15, 0.2) is 6.20 Å². The molecule has 0 radical (unpaired) electrons. The maximum atomic E-state index is 12.3. The van der Waals surface area contributed by atoms with E-state index in [2.05, 4.69) is 22.4 Å². The molecule has 2 aromatic heterocycles. The van der Waals surface area contributed by atoms with E-state index in [1.165, 1.54) is 0 Å². The zero-order valence-corrected chi connectivity index (χ0v) is 14.1. The van der Waals surface area contributed by atoms with Gasteiger partial charge in [0.1, 0.15) is 11.3 Å². The van der Waals surface area contributed by atoms with Crippen molar-refractivity contribution in [3.63, 3.8) is 0 Å². The van der Waals surface area contributed by atoms with Crippen LogP contribution in [0.15, 0.2) is 41.1 Å². The van der Waals surface area contributed by atoms with Crippen molar-refractivity contribution in [2.24, 2.45) is 0 Å². The molecule has 0 unspecified atom stereocenters. The van der Waals surface area contributed by atoms with E-state index in [0.717, 1.165) is 33.5 Å². The van der Waals surface area contributed by atoms with E-state index >= 15 is 0 Å². The van der Waals surface area contributed by atoms with Crippen LogP contribution in [0.2, 0.25) is 0 Å². The molecular weight excluding hydrogens is 304 g/mol. The molecule has 24 heavy (non-hydrogen) atoms. The Morgan fingerprint density at radius 1 is 1.33 bits per heavy atom. The maximum Gasteiger partial charge on any atom is 0.346 e. The Morgan fingerprint density at radius 2 is 2.17 bits per heavy atom. The number of ether oxygens (including phenoxy) is 1. The number of pyridine rings is 1. The zero-order chi connectivity index (χ0) is 17.1. The van der Waals surface area contributed by atoms with Crippen LogP contribution in [-0.2, 0) is 11.3 Å². The Morgan fingerprint density at radius 3 is 2.88 bits per heavy atom. The summed E-state index contributed by atoms with van der Waals surface area (Å²) in [6.07, 6.45) is 3.33. The summed E-state index contributed by atoms with van der Waals surface area (Å²) in [5, 5.41) is 4.30. The van der Waals surface area contributed by atoms with E-state index in [1.54, 1.807) is 19.4 Å². The predicted octanol–water partition coefficient (Wildman–Crippen LogP) is 3.65. The lowest BCUT2D eigenvalue weighted by molar-refractivity contribution is -0.345. The van der Waals surface area contributed by atoms with Gasteiger partial charge in [-0.25, -0.2) is 9.78 Å². The third kappa shape index (κ3) is 3.11. The first-order valence-corrected chi connectivity index (χ1v) is 7.99. The van der Waals surface area contributed by atoms with E-state index in [4.69, 9.17) is 9.15 Å². The van der Waals surface area contributed by atoms with Crippen molar-refractivity contribution in [1.29, 1.82) is 0 Å². The normalized spacial score (nSPS) is 10.8. The first-order chi connectivity index (χ1) is 11.6. The van der Waals surface area contributed by atoms with Crippen LogP contribution in [0, 0.1) is 13.8 Å². The van der Waals surface area contributed by atoms with E-state index in [9.17, 15) is 4.79 Å². The smallest absolute Gasteiger partial charge is 0.346 e. The van der Waals surface area contributed by atoms with Gasteiger partial charge in [-0.1, -0.05) is 0 Å². The van der Waals surface area contributed by atoms with Crippen molar-refractivity contribution in [2.45, 2.75) is 27.3 Å². The van der Waals surface area contributed by atoms with Gasteiger partial charge in [0.25, 0.3) is 0 Å². The van der Waals surface area contributed by atoms with Crippen LogP contribution in [0.5, 0.6) is 0 Å². The number of aromatic amines is 1. The summed E-state index contributed by atoms with van der Waals surface area (Å²) in [4.78, 5) is 15.6. The lowest BCUT2D eigenvalue weighted by Crippen LogP contribution is -2.17. The molecule has 5 heteroatoms. The van der Waals surface area contributed by atoms with Gasteiger partial charge in [-0.05, 0) is 50.6 Å². The number of fused-ring (bicyclic) bond motifs is 1. The number of hydrogen-bond donors (Lipinski definition) is 1. The number of rotatable bonds is 5. The summed E-state index contributed by atoms with van der Waals surface area (Å²) in [7, 11) is 0. The van der Waals surface area contributed by atoms with E-state index < -0.39 is 0 Å². The summed E-state index contributed by atoms with van der Waals surface area (Å²) in [6.45, 7) is 6.71. The molecule has 0 bridgehead atoms. The highest BCUT2D eigenvalue weighted by Gasteiger charge is 2.21. The molecule has 2 heterocycles. The monoisotopic (exact) mass is 325 g/mol. The van der Waals surface area contributed by atoms with Gasteiger partial charge < -0.3 is 14.5 Å². The highest BCUT2D eigenvalue weighted by Crippen LogP contribution is 2.28.